The van der Waals surface area contributed by atoms with Gasteiger partial charge in [-0.25, -0.2) is 23.4 Å². The highest BCUT2D eigenvalue weighted by molar-refractivity contribution is 6.32. The van der Waals surface area contributed by atoms with Crippen molar-refractivity contribution >= 4 is 22.5 Å². The maximum atomic E-state index is 13.3. The largest absolute Gasteiger partial charge is 0.305 e. The van der Waals surface area contributed by atoms with Gasteiger partial charge in [-0.2, -0.15) is 10.4 Å². The van der Waals surface area contributed by atoms with Gasteiger partial charge in [-0.05, 0) is 42.8 Å². The van der Waals surface area contributed by atoms with E-state index in [-0.39, 0.29) is 27.7 Å². The molecule has 0 fully saturated rings. The molecule has 0 unspecified atom stereocenters. The molecule has 29 heavy (non-hydrogen) atoms. The highest BCUT2D eigenvalue weighted by Gasteiger charge is 2.22. The first-order valence-electron chi connectivity index (χ1n) is 8.33. The second-order valence-corrected chi connectivity index (χ2v) is 6.60. The third kappa shape index (κ3) is 3.23. The van der Waals surface area contributed by atoms with Gasteiger partial charge in [-0.15, -0.1) is 0 Å². The summed E-state index contributed by atoms with van der Waals surface area (Å²) < 4.78 is 27.8. The van der Waals surface area contributed by atoms with Crippen LogP contribution in [0, 0.1) is 18.3 Å². The van der Waals surface area contributed by atoms with Crippen LogP contribution in [-0.2, 0) is 0 Å². The van der Waals surface area contributed by atoms with E-state index in [0.717, 1.165) is 10.7 Å². The number of aromatic amines is 1. The molecule has 0 saturated carbocycles. The van der Waals surface area contributed by atoms with Gasteiger partial charge in [0.2, 0.25) is 0 Å². The van der Waals surface area contributed by atoms with Crippen molar-refractivity contribution in [2.75, 3.05) is 0 Å². The maximum absolute atomic E-state index is 13.3. The molecule has 4 rings (SSSR count). The minimum absolute atomic E-state index is 0.0245. The Morgan fingerprint density at radius 1 is 1.31 bits per heavy atom. The molecule has 144 valence electrons. The highest BCUT2D eigenvalue weighted by Crippen LogP contribution is 2.28. The molecule has 0 amide bonds. The first kappa shape index (κ1) is 18.7. The lowest BCUT2D eigenvalue weighted by molar-refractivity contribution is 0.145. The number of pyridine rings is 1. The molecule has 4 aromatic rings. The number of H-pyrrole nitrogens is 1. The van der Waals surface area contributed by atoms with Crippen molar-refractivity contribution in [3.8, 4) is 23.4 Å². The molecule has 0 aliphatic rings. The normalized spacial score (nSPS) is 11.2. The topological polar surface area (TPSA) is 100 Å². The van der Waals surface area contributed by atoms with E-state index < -0.39 is 17.7 Å². The summed E-state index contributed by atoms with van der Waals surface area (Å²) in [4.78, 5) is 23.7. The number of hydrogen-bond acceptors (Lipinski definition) is 5. The van der Waals surface area contributed by atoms with Crippen molar-refractivity contribution in [2.45, 2.75) is 13.3 Å². The van der Waals surface area contributed by atoms with Crippen LogP contribution < -0.4 is 5.56 Å². The van der Waals surface area contributed by atoms with E-state index in [9.17, 15) is 13.6 Å². The number of alkyl halides is 2. The number of rotatable bonds is 3. The first-order chi connectivity index (χ1) is 13.9. The zero-order valence-corrected chi connectivity index (χ0v) is 15.6. The van der Waals surface area contributed by atoms with Crippen LogP contribution in [0.15, 0.2) is 41.3 Å². The Morgan fingerprint density at radius 2 is 2.10 bits per heavy atom. The van der Waals surface area contributed by atoms with E-state index >= 15 is 0 Å². The minimum Gasteiger partial charge on any atom is -0.305 e. The lowest BCUT2D eigenvalue weighted by atomic mass is 10.1. The Hall–Kier alpha value is -3.64. The molecule has 10 heteroatoms. The number of nitrogens with zero attached hydrogens (tertiary/aromatic N) is 5. The van der Waals surface area contributed by atoms with Gasteiger partial charge in [0.15, 0.2) is 11.6 Å². The van der Waals surface area contributed by atoms with Crippen LogP contribution in [0.5, 0.6) is 0 Å². The molecule has 1 aromatic carbocycles. The highest BCUT2D eigenvalue weighted by atomic mass is 35.5. The molecule has 3 aromatic heterocycles. The van der Waals surface area contributed by atoms with Gasteiger partial charge in [-0.1, -0.05) is 11.6 Å². The molecular formula is C19H11ClF2N6O. The number of nitriles is 1. The zero-order valence-electron chi connectivity index (χ0n) is 14.8. The predicted molar refractivity (Wildman–Crippen MR) is 102 cm³/mol. The number of aromatic nitrogens is 5. The molecule has 0 atom stereocenters. The van der Waals surface area contributed by atoms with Crippen LogP contribution in [-0.4, -0.2) is 24.7 Å². The van der Waals surface area contributed by atoms with Crippen LogP contribution in [0.3, 0.4) is 0 Å². The van der Waals surface area contributed by atoms with Crippen molar-refractivity contribution in [1.29, 1.82) is 5.26 Å². The van der Waals surface area contributed by atoms with E-state index in [1.54, 1.807) is 25.1 Å². The minimum atomic E-state index is -2.84. The van der Waals surface area contributed by atoms with Gasteiger partial charge >= 0.3 is 0 Å². The molecule has 0 aliphatic carbocycles. The summed E-state index contributed by atoms with van der Waals surface area (Å²) in [5.41, 5.74) is 0.345. The number of halogens is 3. The molecule has 0 bridgehead atoms. The fraction of sp³-hybridized carbons (Fsp3) is 0.105. The van der Waals surface area contributed by atoms with Crippen LogP contribution >= 0.6 is 11.6 Å². The Balaban J connectivity index is 2.01. The van der Waals surface area contributed by atoms with Gasteiger partial charge in [-0.3, -0.25) is 4.79 Å². The summed E-state index contributed by atoms with van der Waals surface area (Å²) in [6, 6.07) is 9.26. The fourth-order valence-electron chi connectivity index (χ4n) is 2.97. The summed E-state index contributed by atoms with van der Waals surface area (Å²) in [6.45, 7) is 1.71. The van der Waals surface area contributed by atoms with Crippen molar-refractivity contribution in [1.82, 2.24) is 24.7 Å². The Labute approximate surface area is 167 Å². The monoisotopic (exact) mass is 412 g/mol. The number of nitrogens with one attached hydrogen (secondary N) is 1. The standard InChI is InChI=1S/C19H11ClF2N6O/c1-9-5-10(8-23)6-11-15(9)25-17(26-19(11)29)14-7-13(16(21)22)27-28(14)18-12(20)3-2-4-24-18/h2-7,16H,1H3,(H,25,26,29). The summed E-state index contributed by atoms with van der Waals surface area (Å²) in [5, 5.41) is 13.4. The molecule has 3 heterocycles. The van der Waals surface area contributed by atoms with Crippen molar-refractivity contribution in [3.63, 3.8) is 0 Å². The van der Waals surface area contributed by atoms with Gasteiger partial charge < -0.3 is 4.98 Å². The average Bonchev–Trinajstić information content (AvgIpc) is 3.14. The van der Waals surface area contributed by atoms with Crippen LogP contribution in [0.2, 0.25) is 5.02 Å². The molecule has 0 saturated heterocycles. The van der Waals surface area contributed by atoms with Gasteiger partial charge in [0.1, 0.15) is 11.4 Å². The molecule has 0 aliphatic heterocycles. The van der Waals surface area contributed by atoms with E-state index in [2.05, 4.69) is 20.1 Å². The number of benzene rings is 1. The number of fused-ring (bicyclic) bond motifs is 1. The second-order valence-electron chi connectivity index (χ2n) is 6.19. The first-order valence-corrected chi connectivity index (χ1v) is 8.71. The second kappa shape index (κ2) is 7.07. The quantitative estimate of drug-likeness (QED) is 0.549. The summed E-state index contributed by atoms with van der Waals surface area (Å²) >= 11 is 6.16. The van der Waals surface area contributed by atoms with Crippen LogP contribution in [0.1, 0.15) is 23.2 Å². The van der Waals surface area contributed by atoms with Crippen LogP contribution in [0.4, 0.5) is 8.78 Å². The number of hydrogen-bond donors (Lipinski definition) is 1. The van der Waals surface area contributed by atoms with E-state index in [4.69, 9.17) is 16.9 Å². The van der Waals surface area contributed by atoms with E-state index in [0.29, 0.717) is 16.6 Å². The maximum Gasteiger partial charge on any atom is 0.282 e. The Morgan fingerprint density at radius 3 is 2.79 bits per heavy atom. The summed E-state index contributed by atoms with van der Waals surface area (Å²) in [6.07, 6.45) is -1.40. The SMILES string of the molecule is Cc1cc(C#N)cc2c(=O)[nH]c(-c3cc(C(F)F)nn3-c3ncccc3Cl)nc12. The van der Waals surface area contributed by atoms with E-state index in [1.807, 2.05) is 6.07 Å². The number of aryl methyl sites for hydroxylation is 1. The fourth-order valence-corrected chi connectivity index (χ4v) is 3.17. The summed E-state index contributed by atoms with van der Waals surface area (Å²) in [5.74, 6) is 0.145. The average molecular weight is 413 g/mol. The van der Waals surface area contributed by atoms with Crippen LogP contribution in [0.25, 0.3) is 28.2 Å². The molecule has 0 spiro atoms. The Kier molecular flexibility index (Phi) is 4.56. The van der Waals surface area contributed by atoms with Gasteiger partial charge in [0, 0.05) is 6.20 Å². The molecular weight excluding hydrogens is 402 g/mol. The van der Waals surface area contributed by atoms with E-state index in [1.165, 1.54) is 12.3 Å². The third-order valence-corrected chi connectivity index (χ3v) is 4.56. The molecule has 1 N–H and O–H groups in total. The Bertz CT molecular complexity index is 1360. The van der Waals surface area contributed by atoms with Gasteiger partial charge in [0.25, 0.3) is 12.0 Å². The van der Waals surface area contributed by atoms with Crippen molar-refractivity contribution in [3.05, 3.63) is 68.7 Å². The third-order valence-electron chi connectivity index (χ3n) is 4.26. The molecule has 7 nitrogen and oxygen atoms in total. The van der Waals surface area contributed by atoms with Crippen molar-refractivity contribution in [2.24, 2.45) is 0 Å². The molecule has 0 radical (unpaired) electrons. The van der Waals surface area contributed by atoms with Gasteiger partial charge in [0.05, 0.1) is 27.6 Å². The van der Waals surface area contributed by atoms with Crippen molar-refractivity contribution < 1.29 is 8.78 Å². The lowest BCUT2D eigenvalue weighted by Gasteiger charge is -2.09. The lowest BCUT2D eigenvalue weighted by Crippen LogP contribution is -2.13. The summed E-state index contributed by atoms with van der Waals surface area (Å²) in [7, 11) is 0. The smallest absolute Gasteiger partial charge is 0.282 e. The zero-order chi connectivity index (χ0) is 20.7. The predicted octanol–water partition coefficient (Wildman–Crippen LogP) is 3.94.